The lowest BCUT2D eigenvalue weighted by molar-refractivity contribution is 0.0599. The summed E-state index contributed by atoms with van der Waals surface area (Å²) < 4.78 is 9.98. The molecular formula is C17H20N2O4. The number of ketones is 1. The largest absolute Gasteiger partial charge is 0.495 e. The number of H-pyrrole nitrogens is 1. The Morgan fingerprint density at radius 2 is 1.87 bits per heavy atom. The van der Waals surface area contributed by atoms with Gasteiger partial charge in [-0.3, -0.25) is 4.79 Å². The molecule has 0 unspecified atom stereocenters. The Hall–Kier alpha value is -2.76. The summed E-state index contributed by atoms with van der Waals surface area (Å²) in [7, 11) is 2.89. The molecule has 2 rings (SSSR count). The summed E-state index contributed by atoms with van der Waals surface area (Å²) >= 11 is 0. The molecule has 1 aromatic carbocycles. The van der Waals surface area contributed by atoms with Crippen molar-refractivity contribution in [2.45, 2.75) is 13.8 Å². The lowest BCUT2D eigenvalue weighted by atomic mass is 10.1. The van der Waals surface area contributed by atoms with Crippen LogP contribution in [0.2, 0.25) is 0 Å². The molecule has 0 atom stereocenters. The molecule has 122 valence electrons. The van der Waals surface area contributed by atoms with Crippen LogP contribution in [0.3, 0.4) is 0 Å². The van der Waals surface area contributed by atoms with Gasteiger partial charge in [-0.05, 0) is 31.5 Å². The van der Waals surface area contributed by atoms with Gasteiger partial charge < -0.3 is 19.8 Å². The van der Waals surface area contributed by atoms with E-state index in [-0.39, 0.29) is 12.3 Å². The number of aromatic nitrogens is 1. The first-order valence-corrected chi connectivity index (χ1v) is 7.17. The van der Waals surface area contributed by atoms with Crippen LogP contribution >= 0.6 is 0 Å². The molecule has 1 heterocycles. The summed E-state index contributed by atoms with van der Waals surface area (Å²) in [6.07, 6.45) is 0. The molecule has 0 fully saturated rings. The van der Waals surface area contributed by atoms with E-state index in [0.717, 1.165) is 5.69 Å². The van der Waals surface area contributed by atoms with Crippen LogP contribution in [-0.4, -0.2) is 37.5 Å². The Kier molecular flexibility index (Phi) is 5.05. The summed E-state index contributed by atoms with van der Waals surface area (Å²) in [6.45, 7) is 3.55. The number of carbonyl (C=O) groups excluding carboxylic acids is 2. The van der Waals surface area contributed by atoms with Crippen molar-refractivity contribution in [2.24, 2.45) is 0 Å². The van der Waals surface area contributed by atoms with Crippen LogP contribution in [0, 0.1) is 13.8 Å². The normalized spacial score (nSPS) is 10.3. The molecule has 6 heteroatoms. The minimum absolute atomic E-state index is 0.0851. The highest BCUT2D eigenvalue weighted by Gasteiger charge is 2.22. The van der Waals surface area contributed by atoms with Gasteiger partial charge in [-0.1, -0.05) is 12.1 Å². The highest BCUT2D eigenvalue weighted by Crippen LogP contribution is 2.23. The van der Waals surface area contributed by atoms with Crippen molar-refractivity contribution in [3.63, 3.8) is 0 Å². The lowest BCUT2D eigenvalue weighted by Gasteiger charge is -2.10. The number of methoxy groups -OCH3 is 2. The van der Waals surface area contributed by atoms with Gasteiger partial charge in [0.2, 0.25) is 0 Å². The monoisotopic (exact) mass is 316 g/mol. The maximum atomic E-state index is 12.4. The number of hydrogen-bond donors (Lipinski definition) is 2. The fourth-order valence-corrected chi connectivity index (χ4v) is 2.49. The van der Waals surface area contributed by atoms with Gasteiger partial charge in [0.05, 0.1) is 37.7 Å². The topological polar surface area (TPSA) is 80.4 Å². The highest BCUT2D eigenvalue weighted by molar-refractivity contribution is 6.03. The van der Waals surface area contributed by atoms with E-state index in [2.05, 4.69) is 10.3 Å². The molecule has 0 aliphatic heterocycles. The van der Waals surface area contributed by atoms with E-state index in [9.17, 15) is 9.59 Å². The maximum Gasteiger partial charge on any atom is 0.339 e. The van der Waals surface area contributed by atoms with Gasteiger partial charge in [-0.25, -0.2) is 4.79 Å². The maximum absolute atomic E-state index is 12.4. The molecule has 0 saturated carbocycles. The molecule has 2 aromatic rings. The molecule has 0 spiro atoms. The Labute approximate surface area is 134 Å². The van der Waals surface area contributed by atoms with Gasteiger partial charge in [-0.2, -0.15) is 0 Å². The summed E-state index contributed by atoms with van der Waals surface area (Å²) in [5.74, 6) is 0.0644. The van der Waals surface area contributed by atoms with Crippen LogP contribution in [0.1, 0.15) is 32.1 Å². The molecule has 23 heavy (non-hydrogen) atoms. The Morgan fingerprint density at radius 3 is 2.52 bits per heavy atom. The number of esters is 1. The second kappa shape index (κ2) is 7.00. The van der Waals surface area contributed by atoms with E-state index in [4.69, 9.17) is 9.47 Å². The van der Waals surface area contributed by atoms with Gasteiger partial charge in [0.1, 0.15) is 5.75 Å². The van der Waals surface area contributed by atoms with Gasteiger partial charge in [0.15, 0.2) is 5.78 Å². The molecule has 1 aromatic heterocycles. The number of hydrogen-bond acceptors (Lipinski definition) is 5. The number of aryl methyl sites for hydroxylation is 1. The van der Waals surface area contributed by atoms with E-state index >= 15 is 0 Å². The third-order valence-corrected chi connectivity index (χ3v) is 3.65. The smallest absolute Gasteiger partial charge is 0.339 e. The third kappa shape index (κ3) is 3.36. The predicted molar refractivity (Wildman–Crippen MR) is 87.4 cm³/mol. The van der Waals surface area contributed by atoms with Gasteiger partial charge in [0.25, 0.3) is 0 Å². The van der Waals surface area contributed by atoms with Crippen molar-refractivity contribution in [3.8, 4) is 5.75 Å². The molecule has 0 aliphatic carbocycles. The van der Waals surface area contributed by atoms with E-state index in [1.165, 1.54) is 7.11 Å². The highest BCUT2D eigenvalue weighted by atomic mass is 16.5. The van der Waals surface area contributed by atoms with Crippen molar-refractivity contribution in [3.05, 3.63) is 46.8 Å². The van der Waals surface area contributed by atoms with Crippen molar-refractivity contribution in [2.75, 3.05) is 26.1 Å². The average Bonchev–Trinajstić information content (AvgIpc) is 2.86. The second-order valence-electron chi connectivity index (χ2n) is 5.09. The van der Waals surface area contributed by atoms with Crippen molar-refractivity contribution in [1.29, 1.82) is 0 Å². The van der Waals surface area contributed by atoms with Crippen molar-refractivity contribution < 1.29 is 19.1 Å². The van der Waals surface area contributed by atoms with Gasteiger partial charge in [-0.15, -0.1) is 0 Å². The standard InChI is InChI=1S/C17H20N2O4/c1-10-15(17(21)23-4)11(2)19-16(10)13(20)9-18-12-7-5-6-8-14(12)22-3/h5-8,18-19H,9H2,1-4H3. The van der Waals surface area contributed by atoms with Crippen LogP contribution in [-0.2, 0) is 4.74 Å². The van der Waals surface area contributed by atoms with Gasteiger partial charge in [0, 0.05) is 5.69 Å². The number of ether oxygens (including phenoxy) is 2. The number of nitrogens with one attached hydrogen (secondary N) is 2. The summed E-state index contributed by atoms with van der Waals surface area (Å²) in [5, 5.41) is 3.05. The number of rotatable bonds is 6. The third-order valence-electron chi connectivity index (χ3n) is 3.65. The first kappa shape index (κ1) is 16.6. The zero-order chi connectivity index (χ0) is 17.0. The lowest BCUT2D eigenvalue weighted by Crippen LogP contribution is -2.16. The fraction of sp³-hybridized carbons (Fsp3) is 0.294. The Balaban J connectivity index is 2.17. The average molecular weight is 316 g/mol. The van der Waals surface area contributed by atoms with E-state index in [1.807, 2.05) is 24.3 Å². The SMILES string of the molecule is COC(=O)c1c(C)[nH]c(C(=O)CNc2ccccc2OC)c1C. The summed E-state index contributed by atoms with van der Waals surface area (Å²) in [6, 6.07) is 7.35. The molecular weight excluding hydrogens is 296 g/mol. The van der Waals surface area contributed by atoms with Crippen molar-refractivity contribution in [1.82, 2.24) is 4.98 Å². The Bertz CT molecular complexity index is 734. The van der Waals surface area contributed by atoms with Crippen LogP contribution in [0.25, 0.3) is 0 Å². The molecule has 0 amide bonds. The summed E-state index contributed by atoms with van der Waals surface area (Å²) in [5.41, 5.74) is 2.77. The number of carbonyl (C=O) groups is 2. The molecule has 0 saturated heterocycles. The molecule has 0 radical (unpaired) electrons. The van der Waals surface area contributed by atoms with Gasteiger partial charge >= 0.3 is 5.97 Å². The number of benzene rings is 1. The molecule has 2 N–H and O–H groups in total. The number of anilines is 1. The quantitative estimate of drug-likeness (QED) is 0.632. The zero-order valence-electron chi connectivity index (χ0n) is 13.6. The Morgan fingerprint density at radius 1 is 1.17 bits per heavy atom. The van der Waals surface area contributed by atoms with E-state index < -0.39 is 5.97 Å². The van der Waals surface area contributed by atoms with Crippen molar-refractivity contribution >= 4 is 17.4 Å². The van der Waals surface area contributed by atoms with Crippen LogP contribution in [0.4, 0.5) is 5.69 Å². The predicted octanol–water partition coefficient (Wildman–Crippen LogP) is 2.72. The fourth-order valence-electron chi connectivity index (χ4n) is 2.49. The minimum Gasteiger partial charge on any atom is -0.495 e. The number of Topliss-reactive ketones (excluding diaryl/α,β-unsaturated/α-hetero) is 1. The molecule has 6 nitrogen and oxygen atoms in total. The number of para-hydroxylation sites is 2. The van der Waals surface area contributed by atoms with Crippen LogP contribution in [0.15, 0.2) is 24.3 Å². The first-order valence-electron chi connectivity index (χ1n) is 7.17. The van der Waals surface area contributed by atoms with Crippen LogP contribution < -0.4 is 10.1 Å². The second-order valence-corrected chi connectivity index (χ2v) is 5.09. The first-order chi connectivity index (χ1) is 11.0. The zero-order valence-corrected chi connectivity index (χ0v) is 13.6. The van der Waals surface area contributed by atoms with Crippen LogP contribution in [0.5, 0.6) is 5.75 Å². The minimum atomic E-state index is -0.451. The van der Waals surface area contributed by atoms with E-state index in [0.29, 0.717) is 28.3 Å². The number of aromatic amines is 1. The molecule has 0 aliphatic rings. The molecule has 0 bridgehead atoms. The summed E-state index contributed by atoms with van der Waals surface area (Å²) in [4.78, 5) is 27.2. The van der Waals surface area contributed by atoms with E-state index in [1.54, 1.807) is 21.0 Å².